The zero-order valence-electron chi connectivity index (χ0n) is 22.0. The number of likely N-dealkylation sites (tertiary alicyclic amines) is 1. The normalized spacial score (nSPS) is 18.5. The van der Waals surface area contributed by atoms with Gasteiger partial charge in [0.15, 0.2) is 0 Å². The van der Waals surface area contributed by atoms with Crippen molar-refractivity contribution in [2.24, 2.45) is 5.92 Å². The number of hydrogen-bond acceptors (Lipinski definition) is 6. The van der Waals surface area contributed by atoms with E-state index in [1.165, 1.54) is 18.2 Å². The summed E-state index contributed by atoms with van der Waals surface area (Å²) in [4.78, 5) is 19.1. The summed E-state index contributed by atoms with van der Waals surface area (Å²) in [6.07, 6.45) is -7.81. The molecule has 2 aromatic carbocycles. The van der Waals surface area contributed by atoms with E-state index in [0.717, 1.165) is 30.0 Å². The molecule has 4 rings (SSSR count). The summed E-state index contributed by atoms with van der Waals surface area (Å²) in [5.41, 5.74) is 0.539. The van der Waals surface area contributed by atoms with Gasteiger partial charge in [-0.1, -0.05) is 6.92 Å². The van der Waals surface area contributed by atoms with E-state index in [0.29, 0.717) is 64.3 Å². The minimum absolute atomic E-state index is 0.0290. The molecule has 13 heteroatoms. The van der Waals surface area contributed by atoms with Crippen LogP contribution in [0.1, 0.15) is 30.9 Å². The van der Waals surface area contributed by atoms with Crippen molar-refractivity contribution in [3.05, 3.63) is 53.6 Å². The molecule has 0 radical (unpaired) electrons. The number of alkyl halides is 6. The Labute approximate surface area is 228 Å². The largest absolute Gasteiger partial charge is 0.418 e. The Kier molecular flexibility index (Phi) is 9.03. The molecular weight excluding hydrogens is 540 g/mol. The first kappa shape index (κ1) is 29.8. The van der Waals surface area contributed by atoms with Gasteiger partial charge in [-0.3, -0.25) is 20.4 Å². The van der Waals surface area contributed by atoms with Gasteiger partial charge >= 0.3 is 12.4 Å². The maximum absolute atomic E-state index is 13.3. The number of piperidine rings is 1. The molecule has 1 amide bonds. The molecule has 0 saturated carbocycles. The third-order valence-electron chi connectivity index (χ3n) is 7.51. The quantitative estimate of drug-likeness (QED) is 0.305. The number of amides is 1. The van der Waals surface area contributed by atoms with E-state index in [1.54, 1.807) is 10.4 Å². The minimum atomic E-state index is -4.62. The highest BCUT2D eigenvalue weighted by Gasteiger charge is 2.35. The van der Waals surface area contributed by atoms with Crippen LogP contribution in [0.2, 0.25) is 0 Å². The van der Waals surface area contributed by atoms with Crippen LogP contribution < -0.4 is 15.7 Å². The van der Waals surface area contributed by atoms with Crippen LogP contribution in [0.3, 0.4) is 0 Å². The molecule has 2 aromatic rings. The first-order valence-electron chi connectivity index (χ1n) is 13.2. The van der Waals surface area contributed by atoms with Crippen molar-refractivity contribution in [3.63, 3.8) is 0 Å². The smallest absolute Gasteiger partial charge is 0.382 e. The summed E-state index contributed by atoms with van der Waals surface area (Å²) < 4.78 is 78.2. The lowest BCUT2D eigenvalue weighted by atomic mass is 10.0. The van der Waals surface area contributed by atoms with Gasteiger partial charge in [-0.05, 0) is 55.3 Å². The highest BCUT2D eigenvalue weighted by atomic mass is 19.4. The number of halogens is 6. The molecule has 2 saturated heterocycles. The lowest BCUT2D eigenvalue weighted by Crippen LogP contribution is -2.50. The molecule has 0 bridgehead atoms. The second kappa shape index (κ2) is 12.1. The molecule has 3 N–H and O–H groups in total. The minimum Gasteiger partial charge on any atom is -0.382 e. The highest BCUT2D eigenvalue weighted by molar-refractivity contribution is 5.79. The Morgan fingerprint density at radius 1 is 0.925 bits per heavy atom. The molecule has 2 fully saturated rings. The molecule has 40 heavy (non-hydrogen) atoms. The van der Waals surface area contributed by atoms with Crippen molar-refractivity contribution in [1.82, 2.24) is 9.80 Å². The van der Waals surface area contributed by atoms with E-state index < -0.39 is 29.2 Å². The Morgan fingerprint density at radius 3 is 2.10 bits per heavy atom. The molecule has 1 atom stereocenters. The van der Waals surface area contributed by atoms with Crippen LogP contribution in [0.4, 0.5) is 43.4 Å². The van der Waals surface area contributed by atoms with Gasteiger partial charge in [0.25, 0.3) is 0 Å². The monoisotopic (exact) mass is 573 g/mol. The fourth-order valence-corrected chi connectivity index (χ4v) is 5.27. The van der Waals surface area contributed by atoms with Crippen LogP contribution in [0, 0.1) is 5.92 Å². The molecule has 0 aromatic heterocycles. The molecule has 1 unspecified atom stereocenters. The summed E-state index contributed by atoms with van der Waals surface area (Å²) in [5.74, 6) is -0.212. The van der Waals surface area contributed by atoms with Gasteiger partial charge in [-0.15, -0.1) is 0 Å². The number of carbonyl (C=O) groups is 1. The highest BCUT2D eigenvalue weighted by Crippen LogP contribution is 2.37. The van der Waals surface area contributed by atoms with Crippen molar-refractivity contribution in [1.29, 1.82) is 0 Å². The fourth-order valence-electron chi connectivity index (χ4n) is 5.27. The Balaban J connectivity index is 1.22. The van der Waals surface area contributed by atoms with E-state index in [4.69, 9.17) is 5.21 Å². The van der Waals surface area contributed by atoms with Gasteiger partial charge in [0.05, 0.1) is 16.8 Å². The van der Waals surface area contributed by atoms with E-state index in [-0.39, 0.29) is 17.9 Å². The fraction of sp³-hybridized carbons (Fsp3) is 0.519. The third-order valence-corrected chi connectivity index (χ3v) is 7.51. The number of benzene rings is 2. The van der Waals surface area contributed by atoms with E-state index in [9.17, 15) is 31.1 Å². The van der Waals surface area contributed by atoms with Crippen molar-refractivity contribution < 1.29 is 36.3 Å². The molecule has 2 aliphatic rings. The van der Waals surface area contributed by atoms with Crippen LogP contribution in [0.25, 0.3) is 0 Å². The lowest BCUT2D eigenvalue weighted by Gasteiger charge is -2.38. The number of nitrogens with one attached hydrogen (secondary N) is 2. The maximum Gasteiger partial charge on any atom is 0.418 e. The summed E-state index contributed by atoms with van der Waals surface area (Å²) in [7, 11) is 0. The number of hydrogen-bond donors (Lipinski definition) is 3. The predicted octanol–water partition coefficient (Wildman–Crippen LogP) is 5.39. The summed E-state index contributed by atoms with van der Waals surface area (Å²) >= 11 is 0. The number of piperazine rings is 1. The first-order valence-corrected chi connectivity index (χ1v) is 13.2. The van der Waals surface area contributed by atoms with Crippen molar-refractivity contribution >= 4 is 23.0 Å². The van der Waals surface area contributed by atoms with Crippen LogP contribution in [-0.2, 0) is 17.1 Å². The Bertz CT molecular complexity index is 1140. The maximum atomic E-state index is 13.3. The number of nitrogens with zero attached hydrogens (tertiary/aromatic N) is 3. The van der Waals surface area contributed by atoms with Crippen LogP contribution in [0.5, 0.6) is 0 Å². The van der Waals surface area contributed by atoms with E-state index in [2.05, 4.69) is 10.2 Å². The van der Waals surface area contributed by atoms with Gasteiger partial charge in [-0.25, -0.2) is 0 Å². The topological polar surface area (TPSA) is 71.1 Å². The number of anilines is 3. The van der Waals surface area contributed by atoms with Gasteiger partial charge < -0.3 is 15.1 Å². The van der Waals surface area contributed by atoms with Crippen LogP contribution in [-0.4, -0.2) is 72.8 Å². The van der Waals surface area contributed by atoms with Crippen LogP contribution in [0.15, 0.2) is 42.5 Å². The average Bonchev–Trinajstić information content (AvgIpc) is 2.92. The molecule has 2 aliphatic heterocycles. The lowest BCUT2D eigenvalue weighted by molar-refractivity contribution is -0.138. The SMILES string of the molecule is CC(CN1CCN(c2ccc(C(F)(F)F)cc2)CC1)C(=O)N1CCC(Nc2ccc(NO)c(C(F)(F)F)c2)CC1. The van der Waals surface area contributed by atoms with Gasteiger partial charge in [0.1, 0.15) is 0 Å². The second-order valence-corrected chi connectivity index (χ2v) is 10.3. The second-order valence-electron chi connectivity index (χ2n) is 10.3. The molecule has 7 nitrogen and oxygen atoms in total. The van der Waals surface area contributed by atoms with Crippen molar-refractivity contribution in [2.45, 2.75) is 38.2 Å². The van der Waals surface area contributed by atoms with E-state index in [1.807, 2.05) is 11.8 Å². The zero-order chi connectivity index (χ0) is 29.1. The molecular formula is C27H33F6N5O2. The Morgan fingerprint density at radius 2 is 1.55 bits per heavy atom. The molecule has 0 spiro atoms. The third kappa shape index (κ3) is 7.30. The van der Waals surface area contributed by atoms with E-state index >= 15 is 0 Å². The zero-order valence-corrected chi connectivity index (χ0v) is 22.0. The molecule has 0 aliphatic carbocycles. The standard InChI is InChI=1S/C27H33F6N5O2/c1-18(17-36-12-14-37(15-13-36)22-5-2-19(3-6-22)26(28,29)30)25(39)38-10-8-20(9-11-38)34-21-4-7-24(35-40)23(16-21)27(31,32)33/h2-7,16,18,20,34-35,40H,8-15,17H2,1H3. The van der Waals surface area contributed by atoms with Gasteiger partial charge in [0, 0.05) is 69.1 Å². The Hall–Kier alpha value is -3.19. The first-order chi connectivity index (χ1) is 18.8. The van der Waals surface area contributed by atoms with Gasteiger partial charge in [-0.2, -0.15) is 26.3 Å². The molecule has 220 valence electrons. The summed E-state index contributed by atoms with van der Waals surface area (Å²) in [5, 5.41) is 12.1. The van der Waals surface area contributed by atoms with Gasteiger partial charge in [0.2, 0.25) is 5.91 Å². The summed E-state index contributed by atoms with van der Waals surface area (Å²) in [6.45, 7) is 6.11. The summed E-state index contributed by atoms with van der Waals surface area (Å²) in [6, 6.07) is 8.64. The van der Waals surface area contributed by atoms with Crippen molar-refractivity contribution in [3.8, 4) is 0 Å². The number of rotatable bonds is 7. The van der Waals surface area contributed by atoms with Crippen LogP contribution >= 0.6 is 0 Å². The number of carbonyl (C=O) groups excluding carboxylic acids is 1. The van der Waals surface area contributed by atoms with Crippen molar-refractivity contribution in [2.75, 3.05) is 61.5 Å². The molecule has 2 heterocycles. The average molecular weight is 574 g/mol. The predicted molar refractivity (Wildman–Crippen MR) is 139 cm³/mol.